The summed E-state index contributed by atoms with van der Waals surface area (Å²) < 4.78 is 4.65. The molecule has 0 aromatic heterocycles. The summed E-state index contributed by atoms with van der Waals surface area (Å²) in [5.41, 5.74) is -0.213. The molecule has 1 amide bonds. The minimum absolute atomic E-state index is 0.0885. The number of nitrogens with zero attached hydrogens (tertiary/aromatic N) is 1. The second-order valence-corrected chi connectivity index (χ2v) is 5.53. The minimum atomic E-state index is -0.399. The van der Waals surface area contributed by atoms with Crippen LogP contribution in [0.25, 0.3) is 0 Å². The summed E-state index contributed by atoms with van der Waals surface area (Å²) in [4.78, 5) is 24.9. The Morgan fingerprint density at radius 2 is 2.18 bits per heavy atom. The molecular formula is C12H21NO4. The van der Waals surface area contributed by atoms with Gasteiger partial charge in [-0.1, -0.05) is 20.8 Å². The van der Waals surface area contributed by atoms with Crippen molar-refractivity contribution in [2.45, 2.75) is 33.2 Å². The van der Waals surface area contributed by atoms with Crippen molar-refractivity contribution in [3.8, 4) is 0 Å². The number of aliphatic hydroxyl groups excluding tert-OH is 1. The quantitative estimate of drug-likeness (QED) is 0.729. The Morgan fingerprint density at radius 1 is 1.59 bits per heavy atom. The summed E-state index contributed by atoms with van der Waals surface area (Å²) in [6.45, 7) is 6.14. The zero-order valence-electron chi connectivity index (χ0n) is 10.9. The third kappa shape index (κ3) is 2.97. The fraction of sp³-hybridized carbons (Fsp3) is 0.833. The van der Waals surface area contributed by atoms with Crippen LogP contribution >= 0.6 is 0 Å². The number of methoxy groups -OCH3 is 1. The fourth-order valence-corrected chi connectivity index (χ4v) is 2.20. The first-order chi connectivity index (χ1) is 7.81. The van der Waals surface area contributed by atoms with Gasteiger partial charge in [0.2, 0.25) is 5.91 Å². The molecule has 1 saturated heterocycles. The third-order valence-corrected chi connectivity index (χ3v) is 3.24. The lowest BCUT2D eigenvalue weighted by molar-refractivity contribution is -0.145. The lowest BCUT2D eigenvalue weighted by Crippen LogP contribution is -2.47. The first-order valence-electron chi connectivity index (χ1n) is 5.79. The van der Waals surface area contributed by atoms with Gasteiger partial charge in [-0.2, -0.15) is 0 Å². The number of likely N-dealkylation sites (tertiary alicyclic amines) is 1. The molecule has 5 heteroatoms. The highest BCUT2D eigenvalue weighted by atomic mass is 16.5. The molecule has 1 heterocycles. The Kier molecular flexibility index (Phi) is 4.14. The first kappa shape index (κ1) is 14.0. The molecule has 17 heavy (non-hydrogen) atoms. The topological polar surface area (TPSA) is 66.8 Å². The van der Waals surface area contributed by atoms with Crippen LogP contribution < -0.4 is 0 Å². The highest BCUT2D eigenvalue weighted by molar-refractivity contribution is 5.87. The molecular weight excluding hydrogens is 222 g/mol. The zero-order chi connectivity index (χ0) is 13.2. The Morgan fingerprint density at radius 3 is 2.59 bits per heavy atom. The SMILES string of the molecule is COC(=O)C1CC(=O)N([C@H](CO)C(C)(C)C)C1. The molecule has 1 aliphatic heterocycles. The average Bonchev–Trinajstić information content (AvgIpc) is 2.59. The molecule has 0 aromatic carbocycles. The zero-order valence-corrected chi connectivity index (χ0v) is 10.9. The summed E-state index contributed by atoms with van der Waals surface area (Å²) in [5.74, 6) is -0.843. The highest BCUT2D eigenvalue weighted by Crippen LogP contribution is 2.30. The molecule has 0 bridgehead atoms. The number of amides is 1. The number of hydrogen-bond donors (Lipinski definition) is 1. The van der Waals surface area contributed by atoms with E-state index >= 15 is 0 Å². The lowest BCUT2D eigenvalue weighted by atomic mass is 9.86. The summed E-state index contributed by atoms with van der Waals surface area (Å²) in [7, 11) is 1.32. The molecule has 1 N–H and O–H groups in total. The van der Waals surface area contributed by atoms with E-state index in [4.69, 9.17) is 0 Å². The van der Waals surface area contributed by atoms with E-state index in [0.717, 1.165) is 0 Å². The van der Waals surface area contributed by atoms with E-state index in [1.54, 1.807) is 4.90 Å². The second-order valence-electron chi connectivity index (χ2n) is 5.53. The number of hydrogen-bond acceptors (Lipinski definition) is 4. The number of esters is 1. The Hall–Kier alpha value is -1.10. The standard InChI is InChI=1S/C12H21NO4/c1-12(2,3)9(7-14)13-6-8(5-10(13)15)11(16)17-4/h8-9,14H,5-7H2,1-4H3/t8?,9-/m1/s1. The molecule has 0 aromatic rings. The maximum absolute atomic E-state index is 11.9. The number of carbonyl (C=O) groups is 2. The van der Waals surface area contributed by atoms with E-state index in [1.807, 2.05) is 20.8 Å². The molecule has 0 radical (unpaired) electrons. The molecule has 1 aliphatic rings. The molecule has 2 atom stereocenters. The van der Waals surface area contributed by atoms with Crippen molar-refractivity contribution in [1.29, 1.82) is 0 Å². The molecule has 0 saturated carbocycles. The van der Waals surface area contributed by atoms with E-state index in [0.29, 0.717) is 6.54 Å². The van der Waals surface area contributed by atoms with Gasteiger partial charge in [0, 0.05) is 13.0 Å². The predicted octanol–water partition coefficient (Wildman–Crippen LogP) is 0.415. The largest absolute Gasteiger partial charge is 0.469 e. The third-order valence-electron chi connectivity index (χ3n) is 3.24. The number of ether oxygens (including phenoxy) is 1. The van der Waals surface area contributed by atoms with Crippen molar-refractivity contribution >= 4 is 11.9 Å². The summed E-state index contributed by atoms with van der Waals surface area (Å²) in [6, 6.07) is -0.260. The van der Waals surface area contributed by atoms with Crippen molar-refractivity contribution in [2.24, 2.45) is 11.3 Å². The van der Waals surface area contributed by atoms with Gasteiger partial charge in [-0.3, -0.25) is 9.59 Å². The van der Waals surface area contributed by atoms with Crippen LogP contribution in [0.4, 0.5) is 0 Å². The van der Waals surface area contributed by atoms with Crippen molar-refractivity contribution in [3.63, 3.8) is 0 Å². The van der Waals surface area contributed by atoms with Crippen LogP contribution in [0.15, 0.2) is 0 Å². The van der Waals surface area contributed by atoms with Crippen molar-refractivity contribution in [1.82, 2.24) is 4.90 Å². The van der Waals surface area contributed by atoms with Crippen LogP contribution in [0.3, 0.4) is 0 Å². The summed E-state index contributed by atoms with van der Waals surface area (Å²) >= 11 is 0. The van der Waals surface area contributed by atoms with Crippen molar-refractivity contribution in [3.05, 3.63) is 0 Å². The lowest BCUT2D eigenvalue weighted by Gasteiger charge is -2.36. The maximum atomic E-state index is 11.9. The Labute approximate surface area is 102 Å². The normalized spacial score (nSPS) is 22.8. The smallest absolute Gasteiger partial charge is 0.310 e. The summed E-state index contributed by atoms with van der Waals surface area (Å²) in [5, 5.41) is 9.41. The Bertz CT molecular complexity index is 308. The van der Waals surface area contributed by atoms with Crippen LogP contribution in [-0.4, -0.2) is 48.2 Å². The molecule has 0 spiro atoms. The molecule has 1 rings (SSSR count). The predicted molar refractivity (Wildman–Crippen MR) is 62.2 cm³/mol. The molecule has 5 nitrogen and oxygen atoms in total. The average molecular weight is 243 g/mol. The van der Waals surface area contributed by atoms with Gasteiger partial charge in [-0.15, -0.1) is 0 Å². The highest BCUT2D eigenvalue weighted by Gasteiger charge is 2.41. The van der Waals surface area contributed by atoms with E-state index < -0.39 is 5.92 Å². The maximum Gasteiger partial charge on any atom is 0.310 e. The van der Waals surface area contributed by atoms with Crippen LogP contribution in [0.5, 0.6) is 0 Å². The van der Waals surface area contributed by atoms with Gasteiger partial charge in [-0.25, -0.2) is 0 Å². The van der Waals surface area contributed by atoms with Crippen LogP contribution in [0.1, 0.15) is 27.2 Å². The number of aliphatic hydroxyl groups is 1. The number of carbonyl (C=O) groups excluding carboxylic acids is 2. The fourth-order valence-electron chi connectivity index (χ4n) is 2.20. The second kappa shape index (κ2) is 5.04. The van der Waals surface area contributed by atoms with Gasteiger partial charge >= 0.3 is 5.97 Å². The van der Waals surface area contributed by atoms with E-state index in [1.165, 1.54) is 7.11 Å². The molecule has 98 valence electrons. The van der Waals surface area contributed by atoms with Crippen LogP contribution in [-0.2, 0) is 14.3 Å². The van der Waals surface area contributed by atoms with Gasteiger partial charge in [0.25, 0.3) is 0 Å². The Balaban J connectivity index is 2.79. The monoisotopic (exact) mass is 243 g/mol. The van der Waals surface area contributed by atoms with E-state index in [-0.39, 0.29) is 36.4 Å². The summed E-state index contributed by atoms with van der Waals surface area (Å²) in [6.07, 6.45) is 0.180. The number of rotatable bonds is 3. The van der Waals surface area contributed by atoms with Gasteiger partial charge in [-0.05, 0) is 5.41 Å². The molecule has 0 aliphatic carbocycles. The molecule has 1 unspecified atom stereocenters. The first-order valence-corrected chi connectivity index (χ1v) is 5.79. The van der Waals surface area contributed by atoms with Crippen LogP contribution in [0, 0.1) is 11.3 Å². The van der Waals surface area contributed by atoms with Gasteiger partial charge in [0.15, 0.2) is 0 Å². The van der Waals surface area contributed by atoms with Crippen molar-refractivity contribution < 1.29 is 19.4 Å². The van der Waals surface area contributed by atoms with Crippen LogP contribution in [0.2, 0.25) is 0 Å². The van der Waals surface area contributed by atoms with E-state index in [2.05, 4.69) is 4.74 Å². The van der Waals surface area contributed by atoms with Crippen molar-refractivity contribution in [2.75, 3.05) is 20.3 Å². The van der Waals surface area contributed by atoms with Gasteiger partial charge < -0.3 is 14.7 Å². The van der Waals surface area contributed by atoms with Gasteiger partial charge in [0.05, 0.1) is 25.7 Å². The molecule has 1 fully saturated rings. The minimum Gasteiger partial charge on any atom is -0.469 e. The van der Waals surface area contributed by atoms with E-state index in [9.17, 15) is 14.7 Å². The van der Waals surface area contributed by atoms with Gasteiger partial charge in [0.1, 0.15) is 0 Å².